The fourth-order valence-corrected chi connectivity index (χ4v) is 2.78. The lowest BCUT2D eigenvalue weighted by Gasteiger charge is -2.00. The summed E-state index contributed by atoms with van der Waals surface area (Å²) in [6.07, 6.45) is 2.50. The average molecular weight is 224 g/mol. The molecule has 0 atom stereocenters. The molecule has 0 unspecified atom stereocenters. The van der Waals surface area contributed by atoms with E-state index in [0.29, 0.717) is 0 Å². The van der Waals surface area contributed by atoms with Crippen LogP contribution in [0.25, 0.3) is 10.8 Å². The van der Waals surface area contributed by atoms with E-state index in [2.05, 4.69) is 54.8 Å². The van der Waals surface area contributed by atoms with Gasteiger partial charge in [0.25, 0.3) is 0 Å². The Morgan fingerprint density at radius 1 is 1.06 bits per heavy atom. The van der Waals surface area contributed by atoms with Gasteiger partial charge in [-0.25, -0.2) is 0 Å². The third-order valence-corrected chi connectivity index (χ3v) is 3.70. The molecular formula is C16H18N+. The summed E-state index contributed by atoms with van der Waals surface area (Å²) in [4.78, 5) is 0. The molecule has 1 heteroatoms. The first kappa shape index (κ1) is 10.5. The van der Waals surface area contributed by atoms with Crippen LogP contribution in [0.2, 0.25) is 0 Å². The lowest BCUT2D eigenvalue weighted by molar-refractivity contribution is -0.437. The molecule has 0 aromatic heterocycles. The van der Waals surface area contributed by atoms with Crippen LogP contribution < -0.4 is 0 Å². The Morgan fingerprint density at radius 2 is 1.82 bits per heavy atom. The van der Waals surface area contributed by atoms with Crippen molar-refractivity contribution < 1.29 is 4.58 Å². The molecule has 0 radical (unpaired) electrons. The highest BCUT2D eigenvalue weighted by molar-refractivity contribution is 6.14. The molecule has 3 rings (SSSR count). The average Bonchev–Trinajstić information content (AvgIpc) is 2.64. The third-order valence-electron chi connectivity index (χ3n) is 3.70. The van der Waals surface area contributed by atoms with Crippen molar-refractivity contribution in [1.82, 2.24) is 0 Å². The quantitative estimate of drug-likeness (QED) is 0.690. The molecule has 0 saturated carbocycles. The Balaban J connectivity index is 2.22. The number of benzene rings is 2. The van der Waals surface area contributed by atoms with E-state index in [4.69, 9.17) is 0 Å². The number of rotatable bonds is 3. The largest absolute Gasteiger partial charge is 0.214 e. The second-order valence-corrected chi connectivity index (χ2v) is 4.77. The van der Waals surface area contributed by atoms with E-state index in [1.807, 2.05) is 0 Å². The molecule has 0 bridgehead atoms. The lowest BCUT2D eigenvalue weighted by Crippen LogP contribution is -2.11. The molecule has 1 aliphatic rings. The minimum atomic E-state index is 1.14. The topological polar surface area (TPSA) is 3.01 Å². The zero-order chi connectivity index (χ0) is 11.8. The van der Waals surface area contributed by atoms with Gasteiger partial charge >= 0.3 is 0 Å². The lowest BCUT2D eigenvalue weighted by atomic mass is 10.0. The van der Waals surface area contributed by atoms with Gasteiger partial charge in [-0.2, -0.15) is 4.58 Å². The van der Waals surface area contributed by atoms with Crippen LogP contribution >= 0.6 is 0 Å². The first-order valence-electron chi connectivity index (χ1n) is 6.46. The molecule has 17 heavy (non-hydrogen) atoms. The van der Waals surface area contributed by atoms with Crippen molar-refractivity contribution >= 4 is 22.2 Å². The Bertz CT molecular complexity index is 603. The fourth-order valence-electron chi connectivity index (χ4n) is 2.78. The predicted molar refractivity (Wildman–Crippen MR) is 73.4 cm³/mol. The fraction of sp³-hybridized carbons (Fsp3) is 0.312. The zero-order valence-corrected chi connectivity index (χ0v) is 10.5. The molecule has 0 N–H and O–H groups in total. The van der Waals surface area contributed by atoms with Gasteiger partial charge in [-0.15, -0.1) is 0 Å². The number of hydrogen-bond donors (Lipinski definition) is 0. The Labute approximate surface area is 102 Å². The van der Waals surface area contributed by atoms with Gasteiger partial charge in [-0.05, 0) is 11.5 Å². The summed E-state index contributed by atoms with van der Waals surface area (Å²) in [6, 6.07) is 13.2. The van der Waals surface area contributed by atoms with Gasteiger partial charge in [0.05, 0.1) is 10.9 Å². The van der Waals surface area contributed by atoms with Crippen molar-refractivity contribution in [1.29, 1.82) is 0 Å². The summed E-state index contributed by atoms with van der Waals surface area (Å²) in [5.74, 6) is 0. The van der Waals surface area contributed by atoms with E-state index in [-0.39, 0.29) is 0 Å². The number of unbranched alkanes of at least 4 members (excludes halogenated alkanes) is 1. The highest BCUT2D eigenvalue weighted by Crippen LogP contribution is 2.34. The van der Waals surface area contributed by atoms with Crippen molar-refractivity contribution in [2.45, 2.75) is 26.7 Å². The van der Waals surface area contributed by atoms with E-state index in [9.17, 15) is 0 Å². The van der Waals surface area contributed by atoms with E-state index in [1.54, 1.807) is 0 Å². The maximum absolute atomic E-state index is 2.47. The predicted octanol–water partition coefficient (Wildman–Crippen LogP) is 4.11. The SMILES string of the molecule is CCCC[N+]1=C(C)c2cccc3cccc1c23. The van der Waals surface area contributed by atoms with Gasteiger partial charge in [0.2, 0.25) is 5.69 Å². The van der Waals surface area contributed by atoms with Crippen LogP contribution in [0.1, 0.15) is 32.3 Å². The molecule has 1 aliphatic heterocycles. The smallest absolute Gasteiger partial charge is 0.195 e. The summed E-state index contributed by atoms with van der Waals surface area (Å²) in [6.45, 7) is 5.62. The van der Waals surface area contributed by atoms with Crippen LogP contribution in [0.4, 0.5) is 5.69 Å². The maximum Gasteiger partial charge on any atom is 0.214 e. The Kier molecular flexibility index (Phi) is 2.47. The van der Waals surface area contributed by atoms with Crippen LogP contribution in [0.5, 0.6) is 0 Å². The molecule has 0 saturated heterocycles. The van der Waals surface area contributed by atoms with Crippen molar-refractivity contribution in [2.24, 2.45) is 0 Å². The van der Waals surface area contributed by atoms with Gasteiger partial charge in [0.15, 0.2) is 5.71 Å². The molecule has 0 aliphatic carbocycles. The molecular weight excluding hydrogens is 206 g/mol. The summed E-state index contributed by atoms with van der Waals surface area (Å²) >= 11 is 0. The molecule has 2 aromatic carbocycles. The second-order valence-electron chi connectivity index (χ2n) is 4.77. The zero-order valence-electron chi connectivity index (χ0n) is 10.5. The standard InChI is InChI=1S/C16H18N/c1-3-4-11-17-12(2)14-9-5-7-13-8-6-10-15(17)16(13)14/h5-10H,3-4,11H2,1-2H3/q+1. The van der Waals surface area contributed by atoms with E-state index in [0.717, 1.165) is 6.54 Å². The van der Waals surface area contributed by atoms with Gasteiger partial charge in [0, 0.05) is 19.4 Å². The summed E-state index contributed by atoms with van der Waals surface area (Å²) in [5.41, 5.74) is 4.21. The third kappa shape index (κ3) is 1.49. The first-order chi connectivity index (χ1) is 8.33. The minimum Gasteiger partial charge on any atom is -0.195 e. The number of hydrogen-bond acceptors (Lipinski definition) is 0. The normalized spacial score (nSPS) is 13.8. The van der Waals surface area contributed by atoms with Gasteiger partial charge in [0.1, 0.15) is 6.54 Å². The molecule has 86 valence electrons. The van der Waals surface area contributed by atoms with Crippen LogP contribution in [-0.2, 0) is 0 Å². The molecule has 0 fully saturated rings. The molecule has 0 amide bonds. The summed E-state index contributed by atoms with van der Waals surface area (Å²) < 4.78 is 2.47. The highest BCUT2D eigenvalue weighted by Gasteiger charge is 2.27. The number of nitrogens with zero attached hydrogens (tertiary/aromatic N) is 1. The molecule has 2 aromatic rings. The molecule has 1 nitrogen and oxygen atoms in total. The van der Waals surface area contributed by atoms with E-state index >= 15 is 0 Å². The van der Waals surface area contributed by atoms with Crippen molar-refractivity contribution in [2.75, 3.05) is 6.54 Å². The summed E-state index contributed by atoms with van der Waals surface area (Å²) in [5, 5.41) is 2.79. The van der Waals surface area contributed by atoms with Crippen LogP contribution in [0.3, 0.4) is 0 Å². The maximum atomic E-state index is 2.47. The van der Waals surface area contributed by atoms with Gasteiger partial charge in [-0.1, -0.05) is 37.6 Å². The van der Waals surface area contributed by atoms with Crippen molar-refractivity contribution in [3.8, 4) is 0 Å². The van der Waals surface area contributed by atoms with Crippen molar-refractivity contribution in [3.63, 3.8) is 0 Å². The van der Waals surface area contributed by atoms with Gasteiger partial charge < -0.3 is 0 Å². The van der Waals surface area contributed by atoms with Gasteiger partial charge in [-0.3, -0.25) is 0 Å². The Hall–Kier alpha value is -1.63. The highest BCUT2D eigenvalue weighted by atomic mass is 15.0. The monoisotopic (exact) mass is 224 g/mol. The van der Waals surface area contributed by atoms with E-state index < -0.39 is 0 Å². The van der Waals surface area contributed by atoms with Crippen LogP contribution in [0, 0.1) is 0 Å². The minimum absolute atomic E-state index is 1.14. The summed E-state index contributed by atoms with van der Waals surface area (Å²) in [7, 11) is 0. The molecule has 1 heterocycles. The molecule has 0 spiro atoms. The van der Waals surface area contributed by atoms with Crippen molar-refractivity contribution in [3.05, 3.63) is 42.0 Å². The first-order valence-corrected chi connectivity index (χ1v) is 6.46. The second kappa shape index (κ2) is 3.99. The Morgan fingerprint density at radius 3 is 2.59 bits per heavy atom. The van der Waals surface area contributed by atoms with Crippen LogP contribution in [-0.4, -0.2) is 16.8 Å². The van der Waals surface area contributed by atoms with E-state index in [1.165, 1.54) is 40.6 Å². The van der Waals surface area contributed by atoms with Crippen LogP contribution in [0.15, 0.2) is 36.4 Å².